The number of anilines is 4. The zero-order valence-electron chi connectivity index (χ0n) is 22.2. The number of aromatic nitrogens is 2. The van der Waals surface area contributed by atoms with Crippen LogP contribution in [0.1, 0.15) is 11.1 Å². The maximum atomic E-state index is 12.7. The third-order valence-electron chi connectivity index (χ3n) is 6.85. The van der Waals surface area contributed by atoms with E-state index in [9.17, 15) is 4.79 Å². The summed E-state index contributed by atoms with van der Waals surface area (Å²) in [5, 5.41) is 6.89. The summed E-state index contributed by atoms with van der Waals surface area (Å²) in [6.07, 6.45) is 3.50. The average Bonchev–Trinajstić information content (AvgIpc) is 2.99. The van der Waals surface area contributed by atoms with E-state index in [1.54, 1.807) is 6.20 Å². The molecule has 0 unspecified atom stereocenters. The second kappa shape index (κ2) is 11.8. The molecule has 8 nitrogen and oxygen atoms in total. The van der Waals surface area contributed by atoms with Crippen LogP contribution >= 0.6 is 11.8 Å². The molecular formula is C31H30N6O2S. The van der Waals surface area contributed by atoms with Gasteiger partial charge in [-0.15, -0.1) is 0 Å². The number of likely N-dealkylation sites (N-methyl/N-ethyl adjacent to an activating group) is 1. The highest BCUT2D eigenvalue weighted by Gasteiger charge is 2.23. The molecule has 0 saturated carbocycles. The van der Waals surface area contributed by atoms with Crippen molar-refractivity contribution in [3.63, 3.8) is 0 Å². The normalized spacial score (nSPS) is 16.4. The van der Waals surface area contributed by atoms with Gasteiger partial charge in [-0.25, -0.2) is 9.97 Å². The molecule has 3 aromatic carbocycles. The molecule has 0 atom stereocenters. The maximum absolute atomic E-state index is 12.7. The maximum Gasteiger partial charge on any atom is 0.262 e. The van der Waals surface area contributed by atoms with Gasteiger partial charge in [0.15, 0.2) is 0 Å². The molecule has 4 aromatic rings. The Labute approximate surface area is 238 Å². The van der Waals surface area contributed by atoms with E-state index in [1.165, 1.54) is 17.4 Å². The number of hydrogen-bond acceptors (Lipinski definition) is 8. The monoisotopic (exact) mass is 550 g/mol. The number of benzene rings is 3. The fourth-order valence-electron chi connectivity index (χ4n) is 4.52. The second-order valence-corrected chi connectivity index (χ2v) is 10.8. The minimum atomic E-state index is -0.175. The molecule has 1 saturated heterocycles. The van der Waals surface area contributed by atoms with Crippen molar-refractivity contribution in [2.45, 2.75) is 11.6 Å². The number of nitrogens with one attached hydrogen (secondary N) is 2. The first kappa shape index (κ1) is 25.9. The summed E-state index contributed by atoms with van der Waals surface area (Å²) < 4.78 is 5.87. The van der Waals surface area contributed by atoms with Crippen LogP contribution in [0.5, 0.6) is 5.75 Å². The zero-order chi connectivity index (χ0) is 27.3. The van der Waals surface area contributed by atoms with E-state index in [2.05, 4.69) is 49.6 Å². The molecule has 0 aliphatic carbocycles. The molecule has 1 fully saturated rings. The van der Waals surface area contributed by atoms with Gasteiger partial charge in [0.2, 0.25) is 5.95 Å². The average molecular weight is 551 g/mol. The van der Waals surface area contributed by atoms with Crippen LogP contribution in [-0.2, 0) is 11.4 Å². The van der Waals surface area contributed by atoms with Gasteiger partial charge in [-0.1, -0.05) is 54.2 Å². The van der Waals surface area contributed by atoms with E-state index in [0.29, 0.717) is 28.2 Å². The summed E-state index contributed by atoms with van der Waals surface area (Å²) in [6, 6.07) is 26.1. The molecule has 202 valence electrons. The molecule has 9 heteroatoms. The Balaban J connectivity index is 1.10. The third-order valence-corrected chi connectivity index (χ3v) is 7.88. The van der Waals surface area contributed by atoms with Gasteiger partial charge in [-0.2, -0.15) is 0 Å². The SMILES string of the molecule is CN1CCN(c2ccc(Nc3ncc4c(n3)SC(=Cc3ccc(OCc5ccccc5)cc3)C(=O)N4)cc2)CC1. The highest BCUT2D eigenvalue weighted by molar-refractivity contribution is 8.04. The predicted octanol–water partition coefficient (Wildman–Crippen LogP) is 5.64. The van der Waals surface area contributed by atoms with Gasteiger partial charge in [0, 0.05) is 37.6 Å². The van der Waals surface area contributed by atoms with Crippen LogP contribution < -0.4 is 20.3 Å². The molecular weight excluding hydrogens is 520 g/mol. The van der Waals surface area contributed by atoms with Gasteiger partial charge in [-0.3, -0.25) is 4.79 Å². The van der Waals surface area contributed by atoms with Crippen LogP contribution in [0.4, 0.5) is 23.0 Å². The van der Waals surface area contributed by atoms with Crippen LogP contribution in [-0.4, -0.2) is 54.0 Å². The lowest BCUT2D eigenvalue weighted by atomic mass is 10.2. The summed E-state index contributed by atoms with van der Waals surface area (Å²) >= 11 is 1.33. The van der Waals surface area contributed by atoms with Crippen molar-refractivity contribution >= 4 is 46.8 Å². The standard InChI is InChI=1S/C31H30N6O2S/c1-36-15-17-37(18-16-36)25-11-9-24(10-12-25)33-31-32-20-27-30(35-31)40-28(29(38)34-27)19-22-7-13-26(14-8-22)39-21-23-5-3-2-4-6-23/h2-14,19-20H,15-18,21H2,1H3,(H,34,38)(H,32,33,35). The van der Waals surface area contributed by atoms with Crippen molar-refractivity contribution in [2.75, 3.05) is 48.8 Å². The Morgan fingerprint density at radius 2 is 1.73 bits per heavy atom. The number of piperazine rings is 1. The summed E-state index contributed by atoms with van der Waals surface area (Å²) in [7, 11) is 2.16. The number of carbonyl (C=O) groups excluding carboxylic acids is 1. The largest absolute Gasteiger partial charge is 0.489 e. The van der Waals surface area contributed by atoms with Gasteiger partial charge in [-0.05, 0) is 60.6 Å². The van der Waals surface area contributed by atoms with Crippen molar-refractivity contribution in [2.24, 2.45) is 0 Å². The number of thioether (sulfide) groups is 1. The molecule has 0 radical (unpaired) electrons. The van der Waals surface area contributed by atoms with Gasteiger partial charge in [0.1, 0.15) is 17.4 Å². The molecule has 40 heavy (non-hydrogen) atoms. The van der Waals surface area contributed by atoms with Crippen molar-refractivity contribution < 1.29 is 9.53 Å². The van der Waals surface area contributed by atoms with Gasteiger partial charge in [0.25, 0.3) is 5.91 Å². The number of rotatable bonds is 7. The van der Waals surface area contributed by atoms with Crippen molar-refractivity contribution in [3.8, 4) is 5.75 Å². The van der Waals surface area contributed by atoms with Crippen molar-refractivity contribution in [1.82, 2.24) is 14.9 Å². The first-order valence-corrected chi connectivity index (χ1v) is 14.1. The predicted molar refractivity (Wildman–Crippen MR) is 161 cm³/mol. The summed E-state index contributed by atoms with van der Waals surface area (Å²) in [5.41, 5.74) is 4.75. The van der Waals surface area contributed by atoms with Crippen LogP contribution in [0.25, 0.3) is 6.08 Å². The Morgan fingerprint density at radius 3 is 2.48 bits per heavy atom. The first-order valence-electron chi connectivity index (χ1n) is 13.2. The molecule has 3 heterocycles. The van der Waals surface area contributed by atoms with Gasteiger partial charge >= 0.3 is 0 Å². The highest BCUT2D eigenvalue weighted by atomic mass is 32.2. The van der Waals surface area contributed by atoms with Gasteiger partial charge < -0.3 is 25.2 Å². The van der Waals surface area contributed by atoms with E-state index in [-0.39, 0.29) is 5.91 Å². The van der Waals surface area contributed by atoms with E-state index in [0.717, 1.165) is 48.7 Å². The van der Waals surface area contributed by atoms with Crippen LogP contribution in [0.15, 0.2) is 95.0 Å². The number of amides is 1. The smallest absolute Gasteiger partial charge is 0.262 e. The number of nitrogens with zero attached hydrogens (tertiary/aromatic N) is 4. The highest BCUT2D eigenvalue weighted by Crippen LogP contribution is 2.38. The van der Waals surface area contributed by atoms with Crippen molar-refractivity contribution in [3.05, 3.63) is 101 Å². The lowest BCUT2D eigenvalue weighted by molar-refractivity contribution is -0.112. The number of fused-ring (bicyclic) bond motifs is 1. The van der Waals surface area contributed by atoms with E-state index in [1.807, 2.05) is 72.8 Å². The molecule has 2 N–H and O–H groups in total. The zero-order valence-corrected chi connectivity index (χ0v) is 23.0. The fraction of sp³-hybridized carbons (Fsp3) is 0.194. The minimum Gasteiger partial charge on any atom is -0.489 e. The Kier molecular flexibility index (Phi) is 7.65. The minimum absolute atomic E-state index is 0.175. The number of ether oxygens (including phenoxy) is 1. The molecule has 1 amide bonds. The van der Waals surface area contributed by atoms with E-state index in [4.69, 9.17) is 4.74 Å². The summed E-state index contributed by atoms with van der Waals surface area (Å²) in [5.74, 6) is 1.08. The third kappa shape index (κ3) is 6.27. The molecule has 0 bridgehead atoms. The first-order chi connectivity index (χ1) is 19.6. The number of hydrogen-bond donors (Lipinski definition) is 2. The summed E-state index contributed by atoms with van der Waals surface area (Å²) in [4.78, 5) is 27.1. The summed E-state index contributed by atoms with van der Waals surface area (Å²) in [6.45, 7) is 4.71. The van der Waals surface area contributed by atoms with E-state index < -0.39 is 0 Å². The second-order valence-electron chi connectivity index (χ2n) is 9.78. The van der Waals surface area contributed by atoms with Crippen molar-refractivity contribution in [1.29, 1.82) is 0 Å². The van der Waals surface area contributed by atoms with Crippen LogP contribution in [0.3, 0.4) is 0 Å². The Hall–Kier alpha value is -4.34. The Bertz CT molecular complexity index is 1500. The molecule has 2 aliphatic rings. The van der Waals surface area contributed by atoms with Crippen LogP contribution in [0.2, 0.25) is 0 Å². The molecule has 1 aromatic heterocycles. The van der Waals surface area contributed by atoms with E-state index >= 15 is 0 Å². The molecule has 0 spiro atoms. The fourth-order valence-corrected chi connectivity index (χ4v) is 5.41. The number of carbonyl (C=O) groups is 1. The molecule has 2 aliphatic heterocycles. The lowest BCUT2D eigenvalue weighted by Gasteiger charge is -2.34. The quantitative estimate of drug-likeness (QED) is 0.226. The molecule has 6 rings (SSSR count). The van der Waals surface area contributed by atoms with Crippen LogP contribution in [0, 0.1) is 0 Å². The van der Waals surface area contributed by atoms with Gasteiger partial charge in [0.05, 0.1) is 16.8 Å². The topological polar surface area (TPSA) is 82.6 Å². The Morgan fingerprint density at radius 1 is 0.975 bits per heavy atom. The lowest BCUT2D eigenvalue weighted by Crippen LogP contribution is -2.44.